The Balaban J connectivity index is 1.77. The molecule has 0 saturated carbocycles. The molecular weight excluding hydrogens is 506 g/mol. The number of carbonyl (C=O) groups excluding carboxylic acids is 3. The molecular formula is C27H31N5O7. The van der Waals surface area contributed by atoms with E-state index in [0.29, 0.717) is 5.56 Å². The van der Waals surface area contributed by atoms with Crippen LogP contribution >= 0.6 is 0 Å². The van der Waals surface area contributed by atoms with E-state index in [1.54, 1.807) is 30.5 Å². The molecule has 3 atom stereocenters. The number of carboxylic acids is 2. The van der Waals surface area contributed by atoms with Crippen molar-refractivity contribution in [1.29, 1.82) is 0 Å². The highest BCUT2D eigenvalue weighted by molar-refractivity contribution is 5.94. The highest BCUT2D eigenvalue weighted by Gasteiger charge is 2.29. The second-order valence-corrected chi connectivity index (χ2v) is 9.03. The van der Waals surface area contributed by atoms with Crippen molar-refractivity contribution in [3.63, 3.8) is 0 Å². The van der Waals surface area contributed by atoms with E-state index in [1.807, 2.05) is 30.3 Å². The molecule has 0 spiro atoms. The number of aliphatic carboxylic acids is 2. The molecule has 8 N–H and O–H groups in total. The minimum atomic E-state index is -1.30. The highest BCUT2D eigenvalue weighted by Crippen LogP contribution is 2.19. The van der Waals surface area contributed by atoms with E-state index >= 15 is 0 Å². The number of rotatable bonds is 14. The Hall–Kier alpha value is -4.71. The molecule has 0 aliphatic rings. The normalized spacial score (nSPS) is 13.2. The van der Waals surface area contributed by atoms with Gasteiger partial charge in [-0.25, -0.2) is 0 Å². The Morgan fingerprint density at radius 3 is 2.15 bits per heavy atom. The van der Waals surface area contributed by atoms with Crippen LogP contribution in [0.5, 0.6) is 0 Å². The van der Waals surface area contributed by atoms with Gasteiger partial charge in [-0.1, -0.05) is 48.5 Å². The van der Waals surface area contributed by atoms with Gasteiger partial charge in [0.2, 0.25) is 17.7 Å². The lowest BCUT2D eigenvalue weighted by Crippen LogP contribution is -2.56. The number of amides is 3. The van der Waals surface area contributed by atoms with Gasteiger partial charge in [-0.3, -0.25) is 24.0 Å². The first-order valence-electron chi connectivity index (χ1n) is 12.3. The summed E-state index contributed by atoms with van der Waals surface area (Å²) in [5, 5.41) is 26.3. The zero-order valence-corrected chi connectivity index (χ0v) is 21.1. The fraction of sp³-hybridized carbons (Fsp3) is 0.296. The second-order valence-electron chi connectivity index (χ2n) is 9.03. The average molecular weight is 538 g/mol. The third-order valence-electron chi connectivity index (χ3n) is 6.06. The first kappa shape index (κ1) is 28.9. The number of para-hydroxylation sites is 1. The quantitative estimate of drug-likeness (QED) is 0.152. The van der Waals surface area contributed by atoms with E-state index in [2.05, 4.69) is 20.9 Å². The molecule has 3 amide bonds. The van der Waals surface area contributed by atoms with Crippen molar-refractivity contribution in [3.8, 4) is 0 Å². The van der Waals surface area contributed by atoms with Crippen molar-refractivity contribution < 1.29 is 34.2 Å². The maximum Gasteiger partial charge on any atom is 0.322 e. The molecule has 12 heteroatoms. The van der Waals surface area contributed by atoms with Crippen molar-refractivity contribution in [3.05, 3.63) is 71.9 Å². The summed E-state index contributed by atoms with van der Waals surface area (Å²) in [6, 6.07) is 12.8. The Bertz CT molecular complexity index is 1320. The third-order valence-corrected chi connectivity index (χ3v) is 6.06. The lowest BCUT2D eigenvalue weighted by Gasteiger charge is -2.24. The number of hydrogen-bond acceptors (Lipinski definition) is 6. The van der Waals surface area contributed by atoms with Crippen LogP contribution in [0.25, 0.3) is 10.9 Å². The number of H-pyrrole nitrogens is 1. The zero-order valence-electron chi connectivity index (χ0n) is 21.1. The lowest BCUT2D eigenvalue weighted by atomic mass is 10.0. The van der Waals surface area contributed by atoms with Gasteiger partial charge in [-0.2, -0.15) is 0 Å². The van der Waals surface area contributed by atoms with Crippen LogP contribution in [0.3, 0.4) is 0 Å². The van der Waals surface area contributed by atoms with Crippen molar-refractivity contribution in [2.24, 2.45) is 5.73 Å². The number of aromatic amines is 1. The Morgan fingerprint density at radius 1 is 0.795 bits per heavy atom. The Kier molecular flexibility index (Phi) is 10.2. The van der Waals surface area contributed by atoms with Gasteiger partial charge in [-0.05, 0) is 30.0 Å². The van der Waals surface area contributed by atoms with Crippen LogP contribution in [0, 0.1) is 0 Å². The molecule has 0 aliphatic heterocycles. The maximum atomic E-state index is 13.3. The summed E-state index contributed by atoms with van der Waals surface area (Å²) in [5.74, 6) is -4.65. The highest BCUT2D eigenvalue weighted by atomic mass is 16.4. The number of carbonyl (C=O) groups is 5. The number of nitrogens with one attached hydrogen (secondary N) is 4. The summed E-state index contributed by atoms with van der Waals surface area (Å²) in [7, 11) is 0. The van der Waals surface area contributed by atoms with E-state index in [4.69, 9.17) is 15.9 Å². The number of carboxylic acid groups (broad SMARTS) is 2. The molecule has 0 aliphatic carbocycles. The number of benzene rings is 2. The fourth-order valence-electron chi connectivity index (χ4n) is 4.06. The minimum Gasteiger partial charge on any atom is -0.481 e. The van der Waals surface area contributed by atoms with Crippen molar-refractivity contribution in [2.75, 3.05) is 6.54 Å². The largest absolute Gasteiger partial charge is 0.481 e. The molecule has 1 aromatic heterocycles. The van der Waals surface area contributed by atoms with E-state index in [0.717, 1.165) is 16.5 Å². The van der Waals surface area contributed by atoms with Gasteiger partial charge in [0.25, 0.3) is 0 Å². The summed E-state index contributed by atoms with van der Waals surface area (Å²) >= 11 is 0. The van der Waals surface area contributed by atoms with Crippen LogP contribution in [-0.4, -0.2) is 69.5 Å². The molecule has 0 saturated heterocycles. The van der Waals surface area contributed by atoms with Gasteiger partial charge in [0.15, 0.2) is 0 Å². The summed E-state index contributed by atoms with van der Waals surface area (Å²) < 4.78 is 0. The van der Waals surface area contributed by atoms with E-state index in [-0.39, 0.29) is 19.3 Å². The average Bonchev–Trinajstić information content (AvgIpc) is 3.32. The first-order chi connectivity index (χ1) is 18.6. The van der Waals surface area contributed by atoms with Crippen LogP contribution in [0.2, 0.25) is 0 Å². The monoisotopic (exact) mass is 537 g/mol. The predicted octanol–water partition coefficient (Wildman–Crippen LogP) is 0.316. The molecule has 3 rings (SSSR count). The summed E-state index contributed by atoms with van der Waals surface area (Å²) in [6.45, 7) is -0.660. The van der Waals surface area contributed by atoms with Crippen LogP contribution in [0.1, 0.15) is 24.0 Å². The number of aromatic nitrogens is 1. The van der Waals surface area contributed by atoms with Crippen molar-refractivity contribution >= 4 is 40.6 Å². The van der Waals surface area contributed by atoms with Gasteiger partial charge in [0, 0.05) is 29.9 Å². The van der Waals surface area contributed by atoms with Crippen LogP contribution < -0.4 is 21.7 Å². The summed E-state index contributed by atoms with van der Waals surface area (Å²) in [6.07, 6.45) is 1.21. The molecule has 12 nitrogen and oxygen atoms in total. The zero-order chi connectivity index (χ0) is 28.4. The van der Waals surface area contributed by atoms with Gasteiger partial charge in [0.05, 0.1) is 6.04 Å². The number of hydrogen-bond donors (Lipinski definition) is 7. The van der Waals surface area contributed by atoms with Crippen molar-refractivity contribution in [1.82, 2.24) is 20.9 Å². The summed E-state index contributed by atoms with van der Waals surface area (Å²) in [5.41, 5.74) is 8.34. The summed E-state index contributed by atoms with van der Waals surface area (Å²) in [4.78, 5) is 64.2. The Morgan fingerprint density at radius 2 is 1.46 bits per heavy atom. The molecule has 0 fully saturated rings. The molecule has 0 bridgehead atoms. The van der Waals surface area contributed by atoms with Gasteiger partial charge >= 0.3 is 11.9 Å². The molecule has 1 heterocycles. The number of nitrogens with two attached hydrogens (primary N) is 1. The second kappa shape index (κ2) is 13.7. The Labute approximate surface area is 224 Å². The van der Waals surface area contributed by atoms with E-state index in [1.165, 1.54) is 0 Å². The van der Waals surface area contributed by atoms with Crippen LogP contribution in [0.4, 0.5) is 0 Å². The van der Waals surface area contributed by atoms with Gasteiger partial charge in [0.1, 0.15) is 18.6 Å². The van der Waals surface area contributed by atoms with Crippen LogP contribution in [-0.2, 0) is 36.8 Å². The predicted molar refractivity (Wildman–Crippen MR) is 142 cm³/mol. The van der Waals surface area contributed by atoms with Gasteiger partial charge < -0.3 is 36.9 Å². The molecule has 3 aromatic rings. The van der Waals surface area contributed by atoms with Crippen molar-refractivity contribution in [2.45, 2.75) is 43.8 Å². The molecule has 2 aromatic carbocycles. The SMILES string of the molecule is NC(Cc1ccccc1)C(=O)NC(CCC(=O)O)C(=O)NC(Cc1c[nH]c2ccccc12)C(=O)NCC(=O)O. The molecule has 0 radical (unpaired) electrons. The third kappa shape index (κ3) is 8.68. The first-order valence-corrected chi connectivity index (χ1v) is 12.3. The molecule has 39 heavy (non-hydrogen) atoms. The van der Waals surface area contributed by atoms with E-state index in [9.17, 15) is 24.0 Å². The fourth-order valence-corrected chi connectivity index (χ4v) is 4.06. The molecule has 3 unspecified atom stereocenters. The van der Waals surface area contributed by atoms with Crippen LogP contribution in [0.15, 0.2) is 60.8 Å². The number of fused-ring (bicyclic) bond motifs is 1. The standard InChI is InChI=1S/C27H31N5O7/c28-19(12-16-6-2-1-3-7-16)25(37)31-21(10-11-23(33)34)27(39)32-22(26(38)30-15-24(35)36)13-17-14-29-20-9-5-4-8-18(17)20/h1-9,14,19,21-22,29H,10-13,15,28H2,(H,30,38)(H,31,37)(H,32,39)(H,33,34)(H,35,36). The lowest BCUT2D eigenvalue weighted by molar-refractivity contribution is -0.138. The smallest absolute Gasteiger partial charge is 0.322 e. The topological polar surface area (TPSA) is 204 Å². The molecule has 206 valence electrons. The van der Waals surface area contributed by atoms with E-state index < -0.39 is 60.8 Å². The van der Waals surface area contributed by atoms with Gasteiger partial charge in [-0.15, -0.1) is 0 Å². The maximum absolute atomic E-state index is 13.3. The minimum absolute atomic E-state index is 0.00826.